The number of nitrogens with zero attached hydrogens (tertiary/aromatic N) is 1. The minimum absolute atomic E-state index is 0.0452. The van der Waals surface area contributed by atoms with E-state index in [1.807, 2.05) is 0 Å². The van der Waals surface area contributed by atoms with Gasteiger partial charge in [0.15, 0.2) is 0 Å². The Hall–Kier alpha value is -0.900. The predicted molar refractivity (Wildman–Crippen MR) is 47.9 cm³/mol. The van der Waals surface area contributed by atoms with E-state index in [4.69, 9.17) is 17.3 Å². The van der Waals surface area contributed by atoms with E-state index in [9.17, 15) is 8.78 Å². The van der Waals surface area contributed by atoms with Crippen LogP contribution in [0.25, 0.3) is 0 Å². The van der Waals surface area contributed by atoms with Gasteiger partial charge in [0.05, 0.1) is 23.0 Å². The minimum Gasteiger partial charge on any atom is -0.397 e. The molecule has 5 heteroatoms. The van der Waals surface area contributed by atoms with Crippen LogP contribution in [-0.2, 0) is 5.88 Å². The third-order valence-corrected chi connectivity index (χ3v) is 1.98. The number of anilines is 1. The zero-order valence-electron chi connectivity index (χ0n) is 7.02. The fourth-order valence-corrected chi connectivity index (χ4v) is 1.16. The van der Waals surface area contributed by atoms with Gasteiger partial charge in [0.2, 0.25) is 0 Å². The van der Waals surface area contributed by atoms with Crippen molar-refractivity contribution in [3.8, 4) is 0 Å². The number of aromatic nitrogens is 1. The van der Waals surface area contributed by atoms with Gasteiger partial charge in [-0.15, -0.1) is 11.6 Å². The summed E-state index contributed by atoms with van der Waals surface area (Å²) in [5, 5.41) is 0. The second-order valence-electron chi connectivity index (χ2n) is 2.64. The molecule has 0 unspecified atom stereocenters. The van der Waals surface area contributed by atoms with Gasteiger partial charge in [-0.2, -0.15) is 0 Å². The van der Waals surface area contributed by atoms with Crippen molar-refractivity contribution in [2.24, 2.45) is 0 Å². The molecule has 0 bridgehead atoms. The van der Waals surface area contributed by atoms with Gasteiger partial charge in [-0.05, 0) is 13.0 Å². The Morgan fingerprint density at radius 1 is 1.62 bits per heavy atom. The van der Waals surface area contributed by atoms with Crippen molar-refractivity contribution in [2.75, 3.05) is 5.73 Å². The van der Waals surface area contributed by atoms with E-state index >= 15 is 0 Å². The standard InChI is InChI=1S/C8H9ClF2N2/c1-4-7(12)6(8(10)11)2-5(3-9)13-4/h2,8H,3,12H2,1H3. The number of aryl methyl sites for hydroxylation is 1. The minimum atomic E-state index is -2.58. The fraction of sp³-hybridized carbons (Fsp3) is 0.375. The molecule has 2 N–H and O–H groups in total. The van der Waals surface area contributed by atoms with Crippen LogP contribution in [0.1, 0.15) is 23.4 Å². The maximum absolute atomic E-state index is 12.4. The van der Waals surface area contributed by atoms with E-state index in [2.05, 4.69) is 4.98 Å². The first-order chi connectivity index (χ1) is 6.06. The molecule has 72 valence electrons. The van der Waals surface area contributed by atoms with E-state index < -0.39 is 6.43 Å². The Labute approximate surface area is 79.7 Å². The molecule has 0 radical (unpaired) electrons. The number of nitrogen functional groups attached to an aromatic ring is 1. The Balaban J connectivity index is 3.25. The van der Waals surface area contributed by atoms with Crippen LogP contribution in [0.5, 0.6) is 0 Å². The van der Waals surface area contributed by atoms with Crippen molar-refractivity contribution < 1.29 is 8.78 Å². The molecule has 1 aromatic heterocycles. The Morgan fingerprint density at radius 2 is 2.23 bits per heavy atom. The van der Waals surface area contributed by atoms with Crippen molar-refractivity contribution in [1.82, 2.24) is 4.98 Å². The summed E-state index contributed by atoms with van der Waals surface area (Å²) in [6.45, 7) is 1.58. The van der Waals surface area contributed by atoms with Crippen LogP contribution in [-0.4, -0.2) is 4.98 Å². The van der Waals surface area contributed by atoms with Crippen LogP contribution in [0.15, 0.2) is 6.07 Å². The summed E-state index contributed by atoms with van der Waals surface area (Å²) < 4.78 is 24.7. The fourth-order valence-electron chi connectivity index (χ4n) is 1.02. The summed E-state index contributed by atoms with van der Waals surface area (Å²) in [4.78, 5) is 3.94. The van der Waals surface area contributed by atoms with E-state index in [-0.39, 0.29) is 17.1 Å². The van der Waals surface area contributed by atoms with Gasteiger partial charge in [0.1, 0.15) is 0 Å². The largest absolute Gasteiger partial charge is 0.397 e. The summed E-state index contributed by atoms with van der Waals surface area (Å²) in [6.07, 6.45) is -2.58. The summed E-state index contributed by atoms with van der Waals surface area (Å²) in [6, 6.07) is 1.24. The lowest BCUT2D eigenvalue weighted by Gasteiger charge is -2.08. The van der Waals surface area contributed by atoms with Crippen molar-refractivity contribution in [3.63, 3.8) is 0 Å². The Kier molecular flexibility index (Phi) is 3.03. The van der Waals surface area contributed by atoms with Gasteiger partial charge < -0.3 is 5.73 Å². The summed E-state index contributed by atoms with van der Waals surface area (Å²) in [7, 11) is 0. The summed E-state index contributed by atoms with van der Waals surface area (Å²) >= 11 is 5.48. The summed E-state index contributed by atoms with van der Waals surface area (Å²) in [5.74, 6) is 0.112. The second-order valence-corrected chi connectivity index (χ2v) is 2.90. The van der Waals surface area contributed by atoms with Gasteiger partial charge in [0.25, 0.3) is 6.43 Å². The normalized spacial score (nSPS) is 10.8. The molecule has 1 heterocycles. The number of nitrogens with two attached hydrogens (primary N) is 1. The van der Waals surface area contributed by atoms with Gasteiger partial charge in [0, 0.05) is 5.56 Å². The Bertz CT molecular complexity index is 315. The molecule has 1 rings (SSSR count). The molecular weight excluding hydrogens is 198 g/mol. The molecule has 0 amide bonds. The lowest BCUT2D eigenvalue weighted by atomic mass is 10.1. The monoisotopic (exact) mass is 206 g/mol. The molecule has 0 aromatic carbocycles. The topological polar surface area (TPSA) is 38.9 Å². The molecule has 0 atom stereocenters. The first-order valence-corrected chi connectivity index (χ1v) is 4.19. The molecule has 13 heavy (non-hydrogen) atoms. The smallest absolute Gasteiger partial charge is 0.265 e. The molecule has 0 saturated carbocycles. The number of alkyl halides is 3. The SMILES string of the molecule is Cc1nc(CCl)cc(C(F)F)c1N. The van der Waals surface area contributed by atoms with Gasteiger partial charge in [-0.1, -0.05) is 0 Å². The van der Waals surface area contributed by atoms with Crippen LogP contribution in [0.3, 0.4) is 0 Å². The van der Waals surface area contributed by atoms with E-state index in [0.29, 0.717) is 11.4 Å². The third-order valence-electron chi connectivity index (χ3n) is 1.71. The average Bonchev–Trinajstić information content (AvgIpc) is 2.09. The second kappa shape index (κ2) is 3.87. The summed E-state index contributed by atoms with van der Waals surface area (Å²) in [5.41, 5.74) is 6.09. The average molecular weight is 207 g/mol. The zero-order valence-corrected chi connectivity index (χ0v) is 7.78. The number of hydrogen-bond acceptors (Lipinski definition) is 2. The van der Waals surface area contributed by atoms with Crippen molar-refractivity contribution in [2.45, 2.75) is 19.2 Å². The molecule has 1 aromatic rings. The number of halogens is 3. The molecule has 0 fully saturated rings. The van der Waals surface area contributed by atoms with Gasteiger partial charge in [-0.3, -0.25) is 4.98 Å². The van der Waals surface area contributed by atoms with Crippen LogP contribution in [0.4, 0.5) is 14.5 Å². The molecule has 2 nitrogen and oxygen atoms in total. The highest BCUT2D eigenvalue weighted by Gasteiger charge is 2.14. The number of hydrogen-bond donors (Lipinski definition) is 1. The predicted octanol–water partition coefficient (Wildman–Crippen LogP) is 2.65. The maximum atomic E-state index is 12.4. The van der Waals surface area contributed by atoms with E-state index in [0.717, 1.165) is 0 Å². The molecule has 0 aliphatic rings. The van der Waals surface area contributed by atoms with Crippen molar-refractivity contribution >= 4 is 17.3 Å². The first-order valence-electron chi connectivity index (χ1n) is 3.66. The first kappa shape index (κ1) is 10.2. The highest BCUT2D eigenvalue weighted by molar-refractivity contribution is 6.16. The van der Waals surface area contributed by atoms with Crippen molar-refractivity contribution in [1.29, 1.82) is 0 Å². The third kappa shape index (κ3) is 2.06. The zero-order chi connectivity index (χ0) is 10.0. The van der Waals surface area contributed by atoms with Gasteiger partial charge in [-0.25, -0.2) is 8.78 Å². The Morgan fingerprint density at radius 3 is 2.69 bits per heavy atom. The van der Waals surface area contributed by atoms with Crippen LogP contribution in [0.2, 0.25) is 0 Å². The maximum Gasteiger partial charge on any atom is 0.265 e. The molecule has 0 aliphatic carbocycles. The van der Waals surface area contributed by atoms with Crippen LogP contribution >= 0.6 is 11.6 Å². The lowest BCUT2D eigenvalue weighted by molar-refractivity contribution is 0.152. The molecular formula is C8H9ClF2N2. The highest BCUT2D eigenvalue weighted by atomic mass is 35.5. The van der Waals surface area contributed by atoms with Crippen LogP contribution < -0.4 is 5.73 Å². The molecule has 0 saturated heterocycles. The van der Waals surface area contributed by atoms with Crippen molar-refractivity contribution in [3.05, 3.63) is 23.0 Å². The lowest BCUT2D eigenvalue weighted by Crippen LogP contribution is -2.02. The van der Waals surface area contributed by atoms with Crippen LogP contribution in [0, 0.1) is 6.92 Å². The molecule has 0 spiro atoms. The highest BCUT2D eigenvalue weighted by Crippen LogP contribution is 2.27. The van der Waals surface area contributed by atoms with Gasteiger partial charge >= 0.3 is 0 Å². The molecule has 0 aliphatic heterocycles. The van der Waals surface area contributed by atoms with E-state index in [1.165, 1.54) is 6.07 Å². The number of pyridine rings is 1. The van der Waals surface area contributed by atoms with E-state index in [1.54, 1.807) is 6.92 Å². The quantitative estimate of drug-likeness (QED) is 0.756. The number of rotatable bonds is 2.